The summed E-state index contributed by atoms with van der Waals surface area (Å²) in [6.07, 6.45) is 4.69. The van der Waals surface area contributed by atoms with Crippen LogP contribution in [0.5, 0.6) is 0 Å². The molecule has 0 fully saturated rings. The second-order valence-electron chi connectivity index (χ2n) is 2.32. The summed E-state index contributed by atoms with van der Waals surface area (Å²) in [5.74, 6) is 0.800. The van der Waals surface area contributed by atoms with Crippen LogP contribution >= 0.6 is 38.5 Å². The lowest BCUT2D eigenvalue weighted by Gasteiger charge is -2.00. The maximum atomic E-state index is 4.20. The van der Waals surface area contributed by atoms with Gasteiger partial charge < -0.3 is 0 Å². The molecule has 13 heavy (non-hydrogen) atoms. The van der Waals surface area contributed by atoms with Crippen molar-refractivity contribution in [2.75, 3.05) is 0 Å². The van der Waals surface area contributed by atoms with Crippen molar-refractivity contribution in [3.8, 4) is 5.82 Å². The smallest absolute Gasteiger partial charge is 0.167 e. The van der Waals surface area contributed by atoms with Crippen molar-refractivity contribution in [1.29, 1.82) is 0 Å². The summed E-state index contributed by atoms with van der Waals surface area (Å²) >= 11 is 5.48. The van der Waals surface area contributed by atoms with E-state index in [0.717, 1.165) is 14.0 Å². The van der Waals surface area contributed by atoms with E-state index in [9.17, 15) is 0 Å². The first-order valence-electron chi connectivity index (χ1n) is 3.51. The predicted molar refractivity (Wildman–Crippen MR) is 60.6 cm³/mol. The molecule has 0 saturated carbocycles. The van der Waals surface area contributed by atoms with Crippen molar-refractivity contribution < 1.29 is 0 Å². The van der Waals surface area contributed by atoms with Gasteiger partial charge >= 0.3 is 0 Å². The quantitative estimate of drug-likeness (QED) is 0.741. The van der Waals surface area contributed by atoms with Crippen molar-refractivity contribution in [2.45, 2.75) is 0 Å². The van der Waals surface area contributed by atoms with E-state index in [4.69, 9.17) is 0 Å². The number of halogens is 2. The molecule has 0 aliphatic rings. The fourth-order valence-electron chi connectivity index (χ4n) is 0.909. The van der Waals surface area contributed by atoms with Crippen molar-refractivity contribution in [1.82, 2.24) is 14.8 Å². The van der Waals surface area contributed by atoms with E-state index in [2.05, 4.69) is 54.8 Å². The molecule has 0 aliphatic carbocycles. The van der Waals surface area contributed by atoms with Gasteiger partial charge in [0.05, 0.1) is 9.77 Å². The van der Waals surface area contributed by atoms with Crippen molar-refractivity contribution in [3.05, 3.63) is 38.8 Å². The average molecular weight is 349 g/mol. The summed E-state index contributed by atoms with van der Waals surface area (Å²) < 4.78 is 3.42. The first-order chi connectivity index (χ1) is 6.27. The van der Waals surface area contributed by atoms with E-state index in [1.807, 2.05) is 12.1 Å². The topological polar surface area (TPSA) is 30.7 Å². The Bertz CT molecular complexity index is 427. The Kier molecular flexibility index (Phi) is 2.63. The van der Waals surface area contributed by atoms with Gasteiger partial charge in [-0.15, -0.1) is 0 Å². The number of nitrogens with zero attached hydrogens (tertiary/aromatic N) is 3. The van der Waals surface area contributed by atoms with Crippen LogP contribution < -0.4 is 0 Å². The van der Waals surface area contributed by atoms with Crippen LogP contribution in [-0.2, 0) is 0 Å². The lowest BCUT2D eigenvalue weighted by molar-refractivity contribution is 0.827. The lowest BCUT2D eigenvalue weighted by Crippen LogP contribution is -2.00. The van der Waals surface area contributed by atoms with Gasteiger partial charge in [-0.25, -0.2) is 9.67 Å². The number of hydrogen-bond acceptors (Lipinski definition) is 2. The van der Waals surface area contributed by atoms with E-state index in [0.29, 0.717) is 0 Å². The average Bonchev–Trinajstić information content (AvgIpc) is 2.53. The summed E-state index contributed by atoms with van der Waals surface area (Å²) in [7, 11) is 0. The fraction of sp³-hybridized carbons (Fsp3) is 0. The van der Waals surface area contributed by atoms with E-state index >= 15 is 0 Å². The van der Waals surface area contributed by atoms with Gasteiger partial charge in [-0.2, -0.15) is 5.10 Å². The molecule has 0 spiro atoms. The molecule has 0 saturated heterocycles. The van der Waals surface area contributed by atoms with Gasteiger partial charge in [0.1, 0.15) is 4.60 Å². The molecule has 3 nitrogen and oxygen atoms in total. The summed E-state index contributed by atoms with van der Waals surface area (Å²) in [5.41, 5.74) is 0. The normalized spacial score (nSPS) is 10.3. The highest BCUT2D eigenvalue weighted by molar-refractivity contribution is 14.1. The van der Waals surface area contributed by atoms with Crippen LogP contribution in [0.1, 0.15) is 0 Å². The van der Waals surface area contributed by atoms with Crippen LogP contribution in [0, 0.1) is 9.77 Å². The summed E-state index contributed by atoms with van der Waals surface area (Å²) in [5, 5.41) is 4.15. The van der Waals surface area contributed by atoms with E-state index in [1.54, 1.807) is 16.9 Å². The van der Waals surface area contributed by atoms with Crippen molar-refractivity contribution in [3.63, 3.8) is 0 Å². The van der Waals surface area contributed by atoms with Gasteiger partial charge in [0.2, 0.25) is 0 Å². The standard InChI is InChI=1S/C8H4BrIN3/c9-7-3-5-13(12-7)8-6(10)2-1-4-11-8/h1-4H. The monoisotopic (exact) mass is 348 g/mol. The molecule has 0 atom stereocenters. The molecule has 2 rings (SSSR count). The van der Waals surface area contributed by atoms with Crippen LogP contribution in [0.2, 0.25) is 0 Å². The van der Waals surface area contributed by atoms with E-state index in [-0.39, 0.29) is 0 Å². The zero-order valence-electron chi connectivity index (χ0n) is 6.41. The molecule has 0 aromatic carbocycles. The highest BCUT2D eigenvalue weighted by atomic mass is 127. The van der Waals surface area contributed by atoms with Crippen molar-refractivity contribution in [2.24, 2.45) is 0 Å². The van der Waals surface area contributed by atoms with E-state index < -0.39 is 0 Å². The first-order valence-corrected chi connectivity index (χ1v) is 5.39. The molecule has 2 aromatic heterocycles. The molecule has 0 bridgehead atoms. The molecule has 0 N–H and O–H groups in total. The molecule has 0 amide bonds. The Balaban J connectivity index is 2.52. The number of aromatic nitrogens is 3. The van der Waals surface area contributed by atoms with Gasteiger partial charge in [-0.1, -0.05) is 0 Å². The predicted octanol–water partition coefficient (Wildman–Crippen LogP) is 2.43. The Hall–Kier alpha value is -0.430. The second kappa shape index (κ2) is 3.75. The van der Waals surface area contributed by atoms with Gasteiger partial charge in [0.15, 0.2) is 5.82 Å². The SMILES string of the molecule is Brc1c[c]n(-c2ncccc2I)n1. The van der Waals surface area contributed by atoms with Crippen LogP contribution in [0.4, 0.5) is 0 Å². The Morgan fingerprint density at radius 3 is 3.00 bits per heavy atom. The number of rotatable bonds is 1. The Morgan fingerprint density at radius 1 is 1.54 bits per heavy atom. The summed E-state index contributed by atoms with van der Waals surface area (Å²) in [4.78, 5) is 4.20. The fourth-order valence-corrected chi connectivity index (χ4v) is 1.75. The second-order valence-corrected chi connectivity index (χ2v) is 4.29. The molecular weight excluding hydrogens is 345 g/mol. The number of hydrogen-bond donors (Lipinski definition) is 0. The minimum absolute atomic E-state index is 0.758. The molecule has 2 heterocycles. The molecule has 0 aliphatic heterocycles. The first kappa shape index (κ1) is 9.14. The van der Waals surface area contributed by atoms with Gasteiger partial charge in [-0.05, 0) is 50.7 Å². The zero-order valence-corrected chi connectivity index (χ0v) is 10.2. The third-order valence-corrected chi connectivity index (χ3v) is 2.67. The van der Waals surface area contributed by atoms with Gasteiger partial charge in [-0.3, -0.25) is 0 Å². The van der Waals surface area contributed by atoms with Crippen LogP contribution in [-0.4, -0.2) is 14.8 Å². The lowest BCUT2D eigenvalue weighted by atomic mass is 10.5. The van der Waals surface area contributed by atoms with Crippen LogP contribution in [0.15, 0.2) is 29.0 Å². The molecule has 65 valence electrons. The van der Waals surface area contributed by atoms with E-state index in [1.165, 1.54) is 0 Å². The van der Waals surface area contributed by atoms with Crippen molar-refractivity contribution >= 4 is 38.5 Å². The molecular formula is C8H4BrIN3. The minimum Gasteiger partial charge on any atom is -0.236 e. The van der Waals surface area contributed by atoms with Gasteiger partial charge in [0.25, 0.3) is 0 Å². The maximum Gasteiger partial charge on any atom is 0.167 e. The molecule has 0 unspecified atom stereocenters. The molecule has 5 heteroatoms. The minimum atomic E-state index is 0.758. The Morgan fingerprint density at radius 2 is 2.38 bits per heavy atom. The largest absolute Gasteiger partial charge is 0.236 e. The van der Waals surface area contributed by atoms with Crippen LogP contribution in [0.25, 0.3) is 5.82 Å². The number of pyridine rings is 1. The molecule has 1 radical (unpaired) electrons. The van der Waals surface area contributed by atoms with Crippen LogP contribution in [0.3, 0.4) is 0 Å². The highest BCUT2D eigenvalue weighted by Crippen LogP contribution is 2.14. The maximum absolute atomic E-state index is 4.20. The summed E-state index contributed by atoms with van der Waals surface area (Å²) in [6, 6.07) is 5.63. The highest BCUT2D eigenvalue weighted by Gasteiger charge is 2.03. The Labute approximate surface area is 97.4 Å². The third kappa shape index (κ3) is 1.91. The third-order valence-electron chi connectivity index (χ3n) is 1.44. The zero-order chi connectivity index (χ0) is 9.26. The molecule has 2 aromatic rings. The van der Waals surface area contributed by atoms with Gasteiger partial charge in [0, 0.05) is 12.3 Å². The summed E-state index contributed by atoms with van der Waals surface area (Å²) in [6.45, 7) is 0.